The van der Waals surface area contributed by atoms with E-state index in [1.165, 1.54) is 12.1 Å². The lowest BCUT2D eigenvalue weighted by Gasteiger charge is -2.13. The number of para-hydroxylation sites is 1. The number of nitriles is 1. The molecule has 1 heterocycles. The van der Waals surface area contributed by atoms with Gasteiger partial charge in [0.25, 0.3) is 11.1 Å². The predicted octanol–water partition coefficient (Wildman–Crippen LogP) is 4.62. The number of carbonyl (C=O) groups is 2. The molecule has 2 amide bonds. The van der Waals surface area contributed by atoms with Crippen molar-refractivity contribution in [3.63, 3.8) is 0 Å². The zero-order chi connectivity index (χ0) is 19.4. The van der Waals surface area contributed by atoms with Crippen LogP contribution in [0, 0.1) is 17.1 Å². The molecule has 1 aliphatic rings. The molecular weight excluding hydrogens is 391 g/mol. The first-order valence-corrected chi connectivity index (χ1v) is 8.97. The number of hydrogen-bond donors (Lipinski definition) is 0. The average molecular weight is 403 g/mol. The number of thioether (sulfide) groups is 1. The maximum Gasteiger partial charge on any atom is 0.293 e. The van der Waals surface area contributed by atoms with E-state index in [0.717, 1.165) is 22.7 Å². The molecule has 136 valence electrons. The minimum atomic E-state index is -0.494. The van der Waals surface area contributed by atoms with E-state index in [-0.39, 0.29) is 23.1 Å². The van der Waals surface area contributed by atoms with Crippen LogP contribution in [0.5, 0.6) is 5.75 Å². The van der Waals surface area contributed by atoms with Crippen LogP contribution < -0.4 is 4.74 Å². The second kappa shape index (κ2) is 8.25. The SMILES string of the molecule is N#CCOc1ccccc1/C=C1\SC(=O)N(Cc2ccc(F)cc2Cl)C1=O. The van der Waals surface area contributed by atoms with Crippen molar-refractivity contribution in [2.45, 2.75) is 6.54 Å². The van der Waals surface area contributed by atoms with Gasteiger partial charge in [0.2, 0.25) is 0 Å². The molecule has 2 aromatic carbocycles. The van der Waals surface area contributed by atoms with Crippen LogP contribution in [0.25, 0.3) is 6.08 Å². The quantitative estimate of drug-likeness (QED) is 0.682. The molecule has 5 nitrogen and oxygen atoms in total. The van der Waals surface area contributed by atoms with E-state index >= 15 is 0 Å². The lowest BCUT2D eigenvalue weighted by Crippen LogP contribution is -2.27. The van der Waals surface area contributed by atoms with Crippen LogP contribution in [0.1, 0.15) is 11.1 Å². The summed E-state index contributed by atoms with van der Waals surface area (Å²) >= 11 is 6.78. The molecule has 0 aromatic heterocycles. The van der Waals surface area contributed by atoms with Crippen molar-refractivity contribution in [3.05, 3.63) is 69.3 Å². The predicted molar refractivity (Wildman–Crippen MR) is 100 cm³/mol. The Morgan fingerprint density at radius 3 is 2.78 bits per heavy atom. The summed E-state index contributed by atoms with van der Waals surface area (Å²) in [6.07, 6.45) is 1.55. The summed E-state index contributed by atoms with van der Waals surface area (Å²) in [5.74, 6) is -0.528. The summed E-state index contributed by atoms with van der Waals surface area (Å²) in [6.45, 7) is -0.177. The third kappa shape index (κ3) is 4.30. The number of imide groups is 1. The summed E-state index contributed by atoms with van der Waals surface area (Å²) in [4.78, 5) is 26.2. The average Bonchev–Trinajstić information content (AvgIpc) is 2.90. The molecule has 3 rings (SSSR count). The molecule has 1 aliphatic heterocycles. The molecule has 2 aromatic rings. The van der Waals surface area contributed by atoms with Gasteiger partial charge in [-0.15, -0.1) is 0 Å². The molecule has 0 atom stereocenters. The Morgan fingerprint density at radius 1 is 1.26 bits per heavy atom. The molecule has 8 heteroatoms. The molecule has 0 bridgehead atoms. The van der Waals surface area contributed by atoms with Crippen LogP contribution in [0.15, 0.2) is 47.4 Å². The molecule has 1 fully saturated rings. The van der Waals surface area contributed by atoms with Gasteiger partial charge in [-0.3, -0.25) is 14.5 Å². The van der Waals surface area contributed by atoms with E-state index in [4.69, 9.17) is 21.6 Å². The van der Waals surface area contributed by atoms with E-state index in [1.54, 1.807) is 30.3 Å². The van der Waals surface area contributed by atoms with Crippen LogP contribution in [0.3, 0.4) is 0 Å². The Hall–Kier alpha value is -2.82. The summed E-state index contributed by atoms with van der Waals surface area (Å²) in [5.41, 5.74) is 1.05. The zero-order valence-corrected chi connectivity index (χ0v) is 15.4. The van der Waals surface area contributed by atoms with Crippen LogP contribution >= 0.6 is 23.4 Å². The van der Waals surface area contributed by atoms with Crippen LogP contribution in [-0.4, -0.2) is 22.7 Å². The normalized spacial score (nSPS) is 15.3. The maximum atomic E-state index is 13.2. The van der Waals surface area contributed by atoms with Gasteiger partial charge in [0.1, 0.15) is 17.6 Å². The first-order chi connectivity index (χ1) is 13.0. The Kier molecular flexibility index (Phi) is 5.79. The molecule has 0 aliphatic carbocycles. The number of benzene rings is 2. The Labute approximate surface area is 164 Å². The topological polar surface area (TPSA) is 70.4 Å². The molecule has 27 heavy (non-hydrogen) atoms. The number of rotatable bonds is 5. The number of carbonyl (C=O) groups excluding carboxylic acids is 2. The third-order valence-electron chi connectivity index (χ3n) is 3.71. The van der Waals surface area contributed by atoms with Crippen molar-refractivity contribution >= 4 is 40.6 Å². The van der Waals surface area contributed by atoms with Gasteiger partial charge in [-0.2, -0.15) is 5.26 Å². The van der Waals surface area contributed by atoms with E-state index in [9.17, 15) is 14.0 Å². The van der Waals surface area contributed by atoms with Crippen molar-refractivity contribution in [2.75, 3.05) is 6.61 Å². The number of ether oxygens (including phenoxy) is 1. The number of halogens is 2. The smallest absolute Gasteiger partial charge is 0.293 e. The van der Waals surface area contributed by atoms with Crippen LogP contribution in [0.2, 0.25) is 5.02 Å². The van der Waals surface area contributed by atoms with E-state index in [1.807, 2.05) is 6.07 Å². The molecule has 0 saturated carbocycles. The molecule has 0 unspecified atom stereocenters. The highest BCUT2D eigenvalue weighted by Gasteiger charge is 2.35. The minimum Gasteiger partial charge on any atom is -0.478 e. The van der Waals surface area contributed by atoms with Gasteiger partial charge in [0.15, 0.2) is 6.61 Å². The highest BCUT2D eigenvalue weighted by molar-refractivity contribution is 8.18. The fourth-order valence-corrected chi connectivity index (χ4v) is 3.50. The molecular formula is C19H12ClFN2O3S. The lowest BCUT2D eigenvalue weighted by molar-refractivity contribution is -0.123. The first-order valence-electron chi connectivity index (χ1n) is 7.77. The van der Waals surface area contributed by atoms with E-state index in [2.05, 4.69) is 0 Å². The second-order valence-electron chi connectivity index (χ2n) is 5.49. The van der Waals surface area contributed by atoms with Crippen molar-refractivity contribution in [1.29, 1.82) is 5.26 Å². The van der Waals surface area contributed by atoms with Crippen molar-refractivity contribution in [1.82, 2.24) is 4.90 Å². The molecule has 0 N–H and O–H groups in total. The Bertz CT molecular complexity index is 987. The van der Waals surface area contributed by atoms with Gasteiger partial charge in [-0.05, 0) is 41.6 Å². The second-order valence-corrected chi connectivity index (χ2v) is 6.89. The fourth-order valence-electron chi connectivity index (χ4n) is 2.44. The molecule has 1 saturated heterocycles. The van der Waals surface area contributed by atoms with E-state index < -0.39 is 17.0 Å². The highest BCUT2D eigenvalue weighted by atomic mass is 35.5. The largest absolute Gasteiger partial charge is 0.478 e. The summed E-state index contributed by atoms with van der Waals surface area (Å²) in [7, 11) is 0. The Balaban J connectivity index is 1.84. The maximum absolute atomic E-state index is 13.2. The zero-order valence-electron chi connectivity index (χ0n) is 13.8. The van der Waals surface area contributed by atoms with Gasteiger partial charge in [0.05, 0.1) is 11.4 Å². The summed E-state index contributed by atoms with van der Waals surface area (Å²) < 4.78 is 18.5. The fraction of sp³-hybridized carbons (Fsp3) is 0.105. The lowest BCUT2D eigenvalue weighted by atomic mass is 10.1. The molecule has 0 spiro atoms. The van der Waals surface area contributed by atoms with Gasteiger partial charge in [0, 0.05) is 10.6 Å². The highest BCUT2D eigenvalue weighted by Crippen LogP contribution is 2.35. The van der Waals surface area contributed by atoms with Crippen molar-refractivity contribution in [3.8, 4) is 11.8 Å². The van der Waals surface area contributed by atoms with Crippen molar-refractivity contribution < 1.29 is 18.7 Å². The summed E-state index contributed by atoms with van der Waals surface area (Å²) in [6, 6.07) is 12.6. The van der Waals surface area contributed by atoms with Gasteiger partial charge in [-0.1, -0.05) is 35.9 Å². The third-order valence-corrected chi connectivity index (χ3v) is 4.97. The number of amides is 2. The number of hydrogen-bond acceptors (Lipinski definition) is 5. The van der Waals surface area contributed by atoms with Gasteiger partial charge < -0.3 is 4.74 Å². The van der Waals surface area contributed by atoms with Crippen molar-refractivity contribution in [2.24, 2.45) is 0 Å². The van der Waals surface area contributed by atoms with Gasteiger partial charge in [-0.25, -0.2) is 4.39 Å². The summed E-state index contributed by atoms with van der Waals surface area (Å²) in [5, 5.41) is 8.36. The van der Waals surface area contributed by atoms with Crippen LogP contribution in [0.4, 0.5) is 9.18 Å². The number of nitrogens with zero attached hydrogens (tertiary/aromatic N) is 2. The molecule has 0 radical (unpaired) electrons. The first kappa shape index (κ1) is 19.0. The standard InChI is InChI=1S/C19H12ClFN2O3S/c20-15-10-14(21)6-5-13(15)11-23-18(24)17(27-19(23)25)9-12-3-1-2-4-16(12)26-8-7-22/h1-6,9-10H,8,11H2/b17-9-. The van der Waals surface area contributed by atoms with Crippen LogP contribution in [-0.2, 0) is 11.3 Å². The van der Waals surface area contributed by atoms with E-state index in [0.29, 0.717) is 16.9 Å². The van der Waals surface area contributed by atoms with Gasteiger partial charge >= 0.3 is 0 Å². The Morgan fingerprint density at radius 2 is 2.04 bits per heavy atom. The minimum absolute atomic E-state index is 0.0479. The monoisotopic (exact) mass is 402 g/mol.